The molecule has 0 amide bonds. The third-order valence-corrected chi connectivity index (χ3v) is 5.01. The number of carbonyl (C=O) groups excluding carboxylic acids is 1. The first-order chi connectivity index (χ1) is 14.7. The van der Waals surface area contributed by atoms with Gasteiger partial charge in [-0.3, -0.25) is 4.79 Å². The third-order valence-electron chi connectivity index (χ3n) is 5.01. The molecule has 1 saturated heterocycles. The molecule has 2 aromatic carbocycles. The Morgan fingerprint density at radius 1 is 0.968 bits per heavy atom. The second kappa shape index (κ2) is 9.60. The van der Waals surface area contributed by atoms with E-state index in [1.807, 2.05) is 0 Å². The van der Waals surface area contributed by atoms with Crippen LogP contribution < -0.4 is 4.74 Å². The highest BCUT2D eigenvalue weighted by Gasteiger charge is 2.45. The number of ketones is 1. The Morgan fingerprint density at radius 3 is 2.26 bits per heavy atom. The molecule has 7 N–H and O–H groups in total. The fourth-order valence-electron chi connectivity index (χ4n) is 3.23. The number of aromatic hydroxyl groups is 2. The largest absolute Gasteiger partial charge is 0.508 e. The number of hydrogen-bond donors (Lipinski definition) is 7. The predicted molar refractivity (Wildman–Crippen MR) is 105 cm³/mol. The first-order valence-corrected chi connectivity index (χ1v) is 9.51. The van der Waals surface area contributed by atoms with E-state index in [-0.39, 0.29) is 29.2 Å². The molecule has 10 nitrogen and oxygen atoms in total. The van der Waals surface area contributed by atoms with Crippen molar-refractivity contribution < 1.29 is 50.0 Å². The van der Waals surface area contributed by atoms with Crippen LogP contribution in [0.2, 0.25) is 0 Å². The van der Waals surface area contributed by atoms with Crippen LogP contribution in [-0.2, 0) is 4.74 Å². The van der Waals surface area contributed by atoms with E-state index in [2.05, 4.69) is 0 Å². The maximum atomic E-state index is 12.8. The van der Waals surface area contributed by atoms with Crippen LogP contribution in [0.3, 0.4) is 0 Å². The van der Waals surface area contributed by atoms with Gasteiger partial charge in [-0.05, 0) is 29.8 Å². The van der Waals surface area contributed by atoms with Gasteiger partial charge in [0.25, 0.3) is 0 Å². The summed E-state index contributed by atoms with van der Waals surface area (Å²) in [5, 5.41) is 68.7. The lowest BCUT2D eigenvalue weighted by atomic mass is 9.98. The number of phenols is 2. The number of aliphatic hydroxyl groups excluding tert-OH is 5. The predicted octanol–water partition coefficient (Wildman–Crippen LogP) is -0.417. The third kappa shape index (κ3) is 5.13. The average molecular weight is 436 g/mol. The van der Waals surface area contributed by atoms with Gasteiger partial charge in [-0.1, -0.05) is 12.1 Å². The van der Waals surface area contributed by atoms with Gasteiger partial charge < -0.3 is 45.2 Å². The molecule has 0 bridgehead atoms. The molecule has 0 radical (unpaired) electrons. The van der Waals surface area contributed by atoms with E-state index in [9.17, 15) is 40.5 Å². The van der Waals surface area contributed by atoms with Crippen molar-refractivity contribution in [1.82, 2.24) is 0 Å². The van der Waals surface area contributed by atoms with Crippen molar-refractivity contribution in [2.45, 2.75) is 43.2 Å². The molecule has 1 fully saturated rings. The molecular formula is C21H24O10. The maximum Gasteiger partial charge on any atom is 0.229 e. The molecule has 3 rings (SSSR count). The van der Waals surface area contributed by atoms with Crippen LogP contribution in [0.1, 0.15) is 28.4 Å². The van der Waals surface area contributed by atoms with E-state index in [1.165, 1.54) is 36.4 Å². The van der Waals surface area contributed by atoms with Gasteiger partial charge in [0.2, 0.25) is 6.29 Å². The van der Waals surface area contributed by atoms with Gasteiger partial charge in [-0.25, -0.2) is 0 Å². The normalized spacial score (nSPS) is 26.9. The summed E-state index contributed by atoms with van der Waals surface area (Å²) in [6.45, 7) is -0.657. The number of rotatable bonds is 7. The zero-order valence-electron chi connectivity index (χ0n) is 16.3. The van der Waals surface area contributed by atoms with Gasteiger partial charge >= 0.3 is 0 Å². The zero-order chi connectivity index (χ0) is 22.7. The fourth-order valence-corrected chi connectivity index (χ4v) is 3.23. The van der Waals surface area contributed by atoms with Crippen molar-refractivity contribution >= 4 is 5.78 Å². The minimum absolute atomic E-state index is 0.0102. The quantitative estimate of drug-likeness (QED) is 0.282. The summed E-state index contributed by atoms with van der Waals surface area (Å²) < 4.78 is 10.8. The van der Waals surface area contributed by atoms with Gasteiger partial charge in [0.05, 0.1) is 18.3 Å². The van der Waals surface area contributed by atoms with Gasteiger partial charge in [0.15, 0.2) is 5.78 Å². The number of benzene rings is 2. The van der Waals surface area contributed by atoms with E-state index in [0.29, 0.717) is 5.56 Å². The van der Waals surface area contributed by atoms with Crippen molar-refractivity contribution in [2.75, 3.05) is 6.61 Å². The van der Waals surface area contributed by atoms with E-state index in [4.69, 9.17) is 9.47 Å². The molecule has 0 aromatic heterocycles. The molecule has 1 aliphatic rings. The van der Waals surface area contributed by atoms with Gasteiger partial charge in [0.1, 0.15) is 41.7 Å². The summed E-state index contributed by atoms with van der Waals surface area (Å²) in [5.74, 6) is -0.987. The first-order valence-electron chi connectivity index (χ1n) is 9.51. The number of hydrogen-bond acceptors (Lipinski definition) is 10. The van der Waals surface area contributed by atoms with Crippen LogP contribution in [0.15, 0.2) is 42.5 Å². The number of Topliss-reactive ketones (excluding diaryl/α,β-unsaturated/α-hetero) is 1. The highest BCUT2D eigenvalue weighted by molar-refractivity contribution is 5.99. The molecule has 0 unspecified atom stereocenters. The van der Waals surface area contributed by atoms with Gasteiger partial charge in [0, 0.05) is 12.5 Å². The Morgan fingerprint density at radius 2 is 1.61 bits per heavy atom. The van der Waals surface area contributed by atoms with Crippen molar-refractivity contribution in [3.8, 4) is 17.2 Å². The molecule has 1 aliphatic heterocycles. The van der Waals surface area contributed by atoms with E-state index < -0.39 is 49.2 Å². The van der Waals surface area contributed by atoms with Crippen LogP contribution in [0.4, 0.5) is 0 Å². The SMILES string of the molecule is O=C(C[C@H](O)c1ccc(O)cc1)c1ccc(O)cc1O[C@@H]1O[C@H](CO)[C@@H](O)[C@H](O)[C@H]1O. The number of ether oxygens (including phenoxy) is 2. The van der Waals surface area contributed by atoms with E-state index >= 15 is 0 Å². The monoisotopic (exact) mass is 436 g/mol. The number of phenolic OH excluding ortho intramolecular Hbond substituents is 2. The molecule has 0 aliphatic carbocycles. The molecule has 31 heavy (non-hydrogen) atoms. The summed E-state index contributed by atoms with van der Waals surface area (Å²) >= 11 is 0. The lowest BCUT2D eigenvalue weighted by Gasteiger charge is -2.39. The Bertz CT molecular complexity index is 898. The van der Waals surface area contributed by atoms with E-state index in [1.54, 1.807) is 0 Å². The lowest BCUT2D eigenvalue weighted by molar-refractivity contribution is -0.277. The van der Waals surface area contributed by atoms with Crippen molar-refractivity contribution in [1.29, 1.82) is 0 Å². The summed E-state index contributed by atoms with van der Waals surface area (Å²) in [5.41, 5.74) is 0.369. The topological polar surface area (TPSA) is 177 Å². The molecule has 0 saturated carbocycles. The Hall–Kier alpha value is -2.73. The Kier molecular flexibility index (Phi) is 7.11. The minimum Gasteiger partial charge on any atom is -0.508 e. The second-order valence-electron chi connectivity index (χ2n) is 7.23. The standard InChI is InChI=1S/C21H24O10/c22-9-17-18(27)19(28)20(29)21(31-17)30-16-7-12(24)5-6-13(16)15(26)8-14(25)10-1-3-11(23)4-2-10/h1-7,14,17-25,27-29H,8-9H2/t14-,17+,18+,19-,20+,21+/m0/s1. The molecule has 6 atom stereocenters. The average Bonchev–Trinajstić information content (AvgIpc) is 2.74. The molecule has 0 spiro atoms. The summed E-state index contributed by atoms with van der Waals surface area (Å²) in [4.78, 5) is 12.8. The van der Waals surface area contributed by atoms with Gasteiger partial charge in [-0.2, -0.15) is 0 Å². The van der Waals surface area contributed by atoms with Gasteiger partial charge in [-0.15, -0.1) is 0 Å². The van der Waals surface area contributed by atoms with E-state index in [0.717, 1.165) is 6.07 Å². The molecule has 168 valence electrons. The summed E-state index contributed by atoms with van der Waals surface area (Å²) in [7, 11) is 0. The number of aliphatic hydroxyl groups is 5. The molecular weight excluding hydrogens is 412 g/mol. The smallest absolute Gasteiger partial charge is 0.229 e. The zero-order valence-corrected chi connectivity index (χ0v) is 16.3. The Labute approximate surface area is 177 Å². The minimum atomic E-state index is -1.70. The Balaban J connectivity index is 1.80. The first kappa shape index (κ1) is 22.9. The highest BCUT2D eigenvalue weighted by Crippen LogP contribution is 2.31. The van der Waals surface area contributed by atoms with Crippen molar-refractivity contribution in [3.05, 3.63) is 53.6 Å². The summed E-state index contributed by atoms with van der Waals surface area (Å²) in [6, 6.07) is 9.28. The van der Waals surface area contributed by atoms with Crippen molar-refractivity contribution in [3.63, 3.8) is 0 Å². The maximum absolute atomic E-state index is 12.8. The lowest BCUT2D eigenvalue weighted by Crippen LogP contribution is -2.60. The van der Waals surface area contributed by atoms with Crippen LogP contribution in [0, 0.1) is 0 Å². The number of carbonyl (C=O) groups is 1. The molecule has 1 heterocycles. The van der Waals surface area contributed by atoms with Crippen LogP contribution in [0.5, 0.6) is 17.2 Å². The molecule has 10 heteroatoms. The van der Waals surface area contributed by atoms with Crippen LogP contribution in [-0.4, -0.2) is 78.8 Å². The molecule has 2 aromatic rings. The summed E-state index contributed by atoms with van der Waals surface area (Å²) in [6.07, 6.45) is -9.25. The highest BCUT2D eigenvalue weighted by atomic mass is 16.7. The fraction of sp³-hybridized carbons (Fsp3) is 0.381. The van der Waals surface area contributed by atoms with Crippen LogP contribution in [0.25, 0.3) is 0 Å². The second-order valence-corrected chi connectivity index (χ2v) is 7.23. The van der Waals surface area contributed by atoms with Crippen LogP contribution >= 0.6 is 0 Å². The van der Waals surface area contributed by atoms with Crippen molar-refractivity contribution in [2.24, 2.45) is 0 Å².